The number of rotatable bonds is 5. The summed E-state index contributed by atoms with van der Waals surface area (Å²) in [6.45, 7) is 2.29. The zero-order valence-corrected chi connectivity index (χ0v) is 6.85. The van der Waals surface area contributed by atoms with Crippen LogP contribution in [0.5, 0.6) is 0 Å². The maximum atomic E-state index is 10.7. The van der Waals surface area contributed by atoms with Crippen LogP contribution in [0.15, 0.2) is 0 Å². The highest BCUT2D eigenvalue weighted by atomic mass is 16.5. The molecule has 4 heteroatoms. The van der Waals surface area contributed by atoms with Crippen LogP contribution in [-0.2, 0) is 14.3 Å². The van der Waals surface area contributed by atoms with Crippen molar-refractivity contribution in [3.63, 3.8) is 0 Å². The first-order valence-corrected chi connectivity index (χ1v) is 3.41. The molecule has 4 nitrogen and oxygen atoms in total. The molecule has 0 spiro atoms. The lowest BCUT2D eigenvalue weighted by Crippen LogP contribution is -2.14. The van der Waals surface area contributed by atoms with Crippen LogP contribution in [0.1, 0.15) is 13.3 Å². The average Bonchev–Trinajstić information content (AvgIpc) is 1.87. The summed E-state index contributed by atoms with van der Waals surface area (Å²) in [5.74, 6) is -0.366. The van der Waals surface area contributed by atoms with Gasteiger partial charge >= 0.3 is 5.97 Å². The van der Waals surface area contributed by atoms with Crippen LogP contribution >= 0.6 is 0 Å². The van der Waals surface area contributed by atoms with Gasteiger partial charge in [-0.2, -0.15) is 0 Å². The van der Waals surface area contributed by atoms with Crippen LogP contribution in [0, 0.1) is 5.41 Å². The zero-order valence-electron chi connectivity index (χ0n) is 6.85. The number of carbonyl (C=O) groups is 1. The van der Waals surface area contributed by atoms with Crippen LogP contribution in [0.2, 0.25) is 0 Å². The Hall–Kier alpha value is -0.900. The minimum absolute atomic E-state index is 0.0294. The summed E-state index contributed by atoms with van der Waals surface area (Å²) in [5, 5.41) is 7.17. The summed E-state index contributed by atoms with van der Waals surface area (Å²) in [5.41, 5.74) is 0.242. The second-order valence-electron chi connectivity index (χ2n) is 2.02. The second kappa shape index (κ2) is 5.85. The van der Waals surface area contributed by atoms with Crippen molar-refractivity contribution in [1.29, 1.82) is 5.41 Å². The van der Waals surface area contributed by atoms with Gasteiger partial charge in [0.15, 0.2) is 0 Å². The molecule has 0 saturated heterocycles. The van der Waals surface area contributed by atoms with E-state index in [1.165, 1.54) is 7.11 Å². The SMILES string of the molecule is CCOC(=O)CC(=N)COC. The minimum atomic E-state index is -0.366. The molecular formula is C7H13NO3. The Labute approximate surface area is 66.0 Å². The fourth-order valence-electron chi connectivity index (χ4n) is 0.612. The molecule has 0 aliphatic rings. The van der Waals surface area contributed by atoms with Gasteiger partial charge in [0.1, 0.15) is 0 Å². The molecule has 0 aliphatic carbocycles. The summed E-state index contributed by atoms with van der Waals surface area (Å²) in [4.78, 5) is 10.7. The van der Waals surface area contributed by atoms with Gasteiger partial charge in [-0.05, 0) is 6.92 Å². The van der Waals surface area contributed by atoms with E-state index < -0.39 is 0 Å². The summed E-state index contributed by atoms with van der Waals surface area (Å²) in [6, 6.07) is 0. The molecule has 0 saturated carbocycles. The van der Waals surface area contributed by atoms with E-state index in [9.17, 15) is 4.79 Å². The molecule has 0 fully saturated rings. The molecule has 0 aromatic rings. The van der Waals surface area contributed by atoms with E-state index in [-0.39, 0.29) is 24.7 Å². The van der Waals surface area contributed by atoms with Crippen molar-refractivity contribution in [1.82, 2.24) is 0 Å². The van der Waals surface area contributed by atoms with Crippen LogP contribution in [0.25, 0.3) is 0 Å². The Bertz CT molecular complexity index is 129. The number of esters is 1. The number of carbonyl (C=O) groups excluding carboxylic acids is 1. The standard InChI is InChI=1S/C7H13NO3/c1-3-11-7(9)4-6(8)5-10-2/h8H,3-5H2,1-2H3. The van der Waals surface area contributed by atoms with Gasteiger partial charge in [0.05, 0.1) is 19.6 Å². The zero-order chi connectivity index (χ0) is 8.69. The molecule has 0 rings (SSSR count). The fourth-order valence-corrected chi connectivity index (χ4v) is 0.612. The predicted octanol–water partition coefficient (Wildman–Crippen LogP) is 0.606. The largest absolute Gasteiger partial charge is 0.466 e. The highest BCUT2D eigenvalue weighted by Crippen LogP contribution is 1.89. The number of methoxy groups -OCH3 is 1. The summed E-state index contributed by atoms with van der Waals surface area (Å²) >= 11 is 0. The Morgan fingerprint density at radius 1 is 1.55 bits per heavy atom. The monoisotopic (exact) mass is 159 g/mol. The van der Waals surface area contributed by atoms with Gasteiger partial charge < -0.3 is 14.9 Å². The molecule has 0 bridgehead atoms. The topological polar surface area (TPSA) is 59.4 Å². The Kier molecular flexibility index (Phi) is 5.37. The first-order valence-electron chi connectivity index (χ1n) is 3.41. The molecule has 0 aromatic carbocycles. The number of hydrogen-bond acceptors (Lipinski definition) is 4. The molecular weight excluding hydrogens is 146 g/mol. The smallest absolute Gasteiger partial charge is 0.311 e. The van der Waals surface area contributed by atoms with Crippen molar-refractivity contribution in [2.75, 3.05) is 20.3 Å². The molecule has 0 amide bonds. The predicted molar refractivity (Wildman–Crippen MR) is 40.9 cm³/mol. The molecule has 0 unspecified atom stereocenters. The number of nitrogens with one attached hydrogen (secondary N) is 1. The summed E-state index contributed by atoms with van der Waals surface area (Å²) < 4.78 is 9.27. The van der Waals surface area contributed by atoms with Crippen LogP contribution in [0.4, 0.5) is 0 Å². The maximum absolute atomic E-state index is 10.7. The van der Waals surface area contributed by atoms with E-state index in [2.05, 4.69) is 9.47 Å². The average molecular weight is 159 g/mol. The number of hydrogen-bond donors (Lipinski definition) is 1. The van der Waals surface area contributed by atoms with E-state index in [4.69, 9.17) is 5.41 Å². The molecule has 0 aromatic heterocycles. The van der Waals surface area contributed by atoms with E-state index >= 15 is 0 Å². The maximum Gasteiger partial charge on any atom is 0.311 e. The quantitative estimate of drug-likeness (QED) is 0.472. The second-order valence-corrected chi connectivity index (χ2v) is 2.02. The third-order valence-electron chi connectivity index (χ3n) is 0.982. The van der Waals surface area contributed by atoms with Gasteiger partial charge in [-0.3, -0.25) is 4.79 Å². The summed E-state index contributed by atoms with van der Waals surface area (Å²) in [7, 11) is 1.49. The fraction of sp³-hybridized carbons (Fsp3) is 0.714. The lowest BCUT2D eigenvalue weighted by Gasteiger charge is -2.01. The Balaban J connectivity index is 3.49. The van der Waals surface area contributed by atoms with Crippen LogP contribution in [0.3, 0.4) is 0 Å². The van der Waals surface area contributed by atoms with Crippen LogP contribution in [-0.4, -0.2) is 32.0 Å². The summed E-state index contributed by atoms with van der Waals surface area (Å²) in [6.07, 6.45) is 0.0294. The van der Waals surface area contributed by atoms with Crippen LogP contribution < -0.4 is 0 Å². The molecule has 0 aliphatic heterocycles. The van der Waals surface area contributed by atoms with Gasteiger partial charge in [0.2, 0.25) is 0 Å². The van der Waals surface area contributed by atoms with Gasteiger partial charge in [0.25, 0.3) is 0 Å². The molecule has 0 radical (unpaired) electrons. The van der Waals surface area contributed by atoms with Crippen molar-refractivity contribution in [3.05, 3.63) is 0 Å². The highest BCUT2D eigenvalue weighted by Gasteiger charge is 2.05. The first-order chi connectivity index (χ1) is 5.20. The van der Waals surface area contributed by atoms with Gasteiger partial charge in [0, 0.05) is 12.8 Å². The minimum Gasteiger partial charge on any atom is -0.466 e. The van der Waals surface area contributed by atoms with Crippen molar-refractivity contribution >= 4 is 11.7 Å². The Morgan fingerprint density at radius 2 is 2.18 bits per heavy atom. The normalized spacial score (nSPS) is 9.27. The third-order valence-corrected chi connectivity index (χ3v) is 0.982. The number of ether oxygens (including phenoxy) is 2. The molecule has 0 atom stereocenters. The third kappa shape index (κ3) is 5.54. The van der Waals surface area contributed by atoms with E-state index in [1.807, 2.05) is 0 Å². The lowest BCUT2D eigenvalue weighted by molar-refractivity contribution is -0.141. The lowest BCUT2D eigenvalue weighted by atomic mass is 10.3. The van der Waals surface area contributed by atoms with Crippen molar-refractivity contribution in [3.8, 4) is 0 Å². The van der Waals surface area contributed by atoms with Crippen molar-refractivity contribution in [2.45, 2.75) is 13.3 Å². The van der Waals surface area contributed by atoms with E-state index in [0.29, 0.717) is 6.61 Å². The molecule has 1 N–H and O–H groups in total. The highest BCUT2D eigenvalue weighted by molar-refractivity contribution is 5.97. The molecule has 64 valence electrons. The van der Waals surface area contributed by atoms with Gasteiger partial charge in [-0.15, -0.1) is 0 Å². The van der Waals surface area contributed by atoms with Crippen molar-refractivity contribution < 1.29 is 14.3 Å². The van der Waals surface area contributed by atoms with Crippen molar-refractivity contribution in [2.24, 2.45) is 0 Å². The Morgan fingerprint density at radius 3 is 2.64 bits per heavy atom. The molecule has 0 heterocycles. The first kappa shape index (κ1) is 10.1. The van der Waals surface area contributed by atoms with E-state index in [0.717, 1.165) is 0 Å². The van der Waals surface area contributed by atoms with E-state index in [1.54, 1.807) is 6.92 Å². The van der Waals surface area contributed by atoms with Gasteiger partial charge in [-0.25, -0.2) is 0 Å². The molecule has 11 heavy (non-hydrogen) atoms. The van der Waals surface area contributed by atoms with Gasteiger partial charge in [-0.1, -0.05) is 0 Å².